The molecule has 1 aromatic heterocycles. The van der Waals surface area contributed by atoms with Gasteiger partial charge in [0.25, 0.3) is 0 Å². The lowest BCUT2D eigenvalue weighted by Crippen LogP contribution is -2.37. The third kappa shape index (κ3) is 3.43. The molecule has 3 aromatic rings. The molecule has 0 spiro atoms. The van der Waals surface area contributed by atoms with Crippen LogP contribution in [0.4, 0.5) is 4.39 Å². The van der Waals surface area contributed by atoms with Gasteiger partial charge in [-0.25, -0.2) is 9.37 Å². The van der Waals surface area contributed by atoms with Crippen LogP contribution >= 0.6 is 0 Å². The van der Waals surface area contributed by atoms with Crippen molar-refractivity contribution in [1.82, 2.24) is 9.55 Å². The summed E-state index contributed by atoms with van der Waals surface area (Å²) in [4.78, 5) is 10.2. The van der Waals surface area contributed by atoms with Crippen molar-refractivity contribution in [3.05, 3.63) is 83.4 Å². The molecule has 3 heterocycles. The van der Waals surface area contributed by atoms with E-state index in [4.69, 9.17) is 14.3 Å². The zero-order valence-corrected chi connectivity index (χ0v) is 18.2. The second kappa shape index (κ2) is 7.82. The SMILES string of the molecule is COc1cc(/C=C2/OCCC3C2=NOC3(C)c2ccc(F)cc2)ccc1-n1cnc(C)c1. The standard InChI is InChI=1S/C25H24FN3O3/c1-16-14-29(15-27-16)21-9-4-17(12-22(21)30-3)13-23-24-20(10-11-31-23)25(2,32-28-24)18-5-7-19(26)8-6-18/h4-9,12-15,20H,10-11H2,1-3H3/b23-13+. The van der Waals surface area contributed by atoms with Crippen molar-refractivity contribution in [3.63, 3.8) is 0 Å². The van der Waals surface area contributed by atoms with Gasteiger partial charge in [0, 0.05) is 6.20 Å². The number of oxime groups is 1. The molecule has 0 aliphatic carbocycles. The number of rotatable bonds is 4. The van der Waals surface area contributed by atoms with E-state index in [1.165, 1.54) is 12.1 Å². The molecule has 2 aliphatic heterocycles. The van der Waals surface area contributed by atoms with Crippen molar-refractivity contribution in [2.24, 2.45) is 11.1 Å². The minimum atomic E-state index is -0.660. The molecule has 0 amide bonds. The quantitative estimate of drug-likeness (QED) is 0.581. The third-order valence-electron chi connectivity index (χ3n) is 6.15. The lowest BCUT2D eigenvalue weighted by molar-refractivity contribution is -0.0409. The first-order valence-corrected chi connectivity index (χ1v) is 10.5. The van der Waals surface area contributed by atoms with Crippen LogP contribution in [0, 0.1) is 18.7 Å². The highest BCUT2D eigenvalue weighted by Gasteiger charge is 2.49. The number of imidazole rings is 1. The first-order valence-electron chi connectivity index (χ1n) is 10.5. The molecule has 1 fully saturated rings. The van der Waals surface area contributed by atoms with Crippen LogP contribution in [0.1, 0.15) is 30.2 Å². The van der Waals surface area contributed by atoms with Crippen molar-refractivity contribution >= 4 is 11.8 Å². The Morgan fingerprint density at radius 1 is 1.22 bits per heavy atom. The molecule has 1 saturated heterocycles. The monoisotopic (exact) mass is 433 g/mol. The summed E-state index contributed by atoms with van der Waals surface area (Å²) in [6.07, 6.45) is 6.44. The fourth-order valence-electron chi connectivity index (χ4n) is 4.37. The summed E-state index contributed by atoms with van der Waals surface area (Å²) < 4.78 is 26.9. The molecule has 0 saturated carbocycles. The fourth-order valence-corrected chi connectivity index (χ4v) is 4.37. The van der Waals surface area contributed by atoms with Crippen LogP contribution in [0.5, 0.6) is 5.75 Å². The molecule has 0 N–H and O–H groups in total. The largest absolute Gasteiger partial charge is 0.495 e. The molecule has 2 aromatic carbocycles. The number of hydrogen-bond donors (Lipinski definition) is 0. The third-order valence-corrected chi connectivity index (χ3v) is 6.15. The van der Waals surface area contributed by atoms with Gasteiger partial charge < -0.3 is 18.9 Å². The molecule has 0 bridgehead atoms. The van der Waals surface area contributed by atoms with E-state index in [1.54, 1.807) is 25.6 Å². The van der Waals surface area contributed by atoms with Gasteiger partial charge in [0.15, 0.2) is 5.60 Å². The second-order valence-electron chi connectivity index (χ2n) is 8.23. The number of allylic oxidation sites excluding steroid dienone is 1. The van der Waals surface area contributed by atoms with Gasteiger partial charge in [-0.2, -0.15) is 0 Å². The van der Waals surface area contributed by atoms with Crippen LogP contribution < -0.4 is 4.74 Å². The Kier molecular flexibility index (Phi) is 4.96. The lowest BCUT2D eigenvalue weighted by atomic mass is 9.77. The van der Waals surface area contributed by atoms with Gasteiger partial charge in [0.05, 0.1) is 37.3 Å². The van der Waals surface area contributed by atoms with Crippen LogP contribution in [0.2, 0.25) is 0 Å². The minimum Gasteiger partial charge on any atom is -0.495 e. The zero-order chi connectivity index (χ0) is 22.3. The van der Waals surface area contributed by atoms with Crippen molar-refractivity contribution in [1.29, 1.82) is 0 Å². The van der Waals surface area contributed by atoms with Crippen molar-refractivity contribution in [3.8, 4) is 11.4 Å². The van der Waals surface area contributed by atoms with Crippen molar-refractivity contribution in [2.75, 3.05) is 13.7 Å². The molecule has 0 radical (unpaired) electrons. The fraction of sp³-hybridized carbons (Fsp3) is 0.280. The number of aromatic nitrogens is 2. The topological polar surface area (TPSA) is 57.9 Å². The average molecular weight is 433 g/mol. The number of ether oxygens (including phenoxy) is 2. The molecule has 2 atom stereocenters. The highest BCUT2D eigenvalue weighted by atomic mass is 19.1. The van der Waals surface area contributed by atoms with E-state index in [1.807, 2.05) is 48.9 Å². The Balaban J connectivity index is 1.45. The number of halogens is 1. The number of aryl methyl sites for hydroxylation is 1. The number of benzene rings is 2. The molecule has 32 heavy (non-hydrogen) atoms. The lowest BCUT2D eigenvalue weighted by Gasteiger charge is -2.32. The summed E-state index contributed by atoms with van der Waals surface area (Å²) in [6.45, 7) is 4.50. The summed E-state index contributed by atoms with van der Waals surface area (Å²) >= 11 is 0. The van der Waals surface area contributed by atoms with Gasteiger partial charge in [-0.1, -0.05) is 23.4 Å². The smallest absolute Gasteiger partial charge is 0.168 e. The summed E-state index contributed by atoms with van der Waals surface area (Å²) in [6, 6.07) is 12.4. The first-order chi connectivity index (χ1) is 15.5. The number of fused-ring (bicyclic) bond motifs is 1. The van der Waals surface area contributed by atoms with E-state index in [0.717, 1.165) is 40.4 Å². The van der Waals surface area contributed by atoms with Crippen LogP contribution in [0.25, 0.3) is 11.8 Å². The Morgan fingerprint density at radius 2 is 2.03 bits per heavy atom. The minimum absolute atomic E-state index is 0.0167. The first kappa shape index (κ1) is 20.3. The predicted octanol–water partition coefficient (Wildman–Crippen LogP) is 5.01. The summed E-state index contributed by atoms with van der Waals surface area (Å²) in [5.41, 5.74) is 3.77. The molecule has 2 unspecified atom stereocenters. The number of nitrogens with zero attached hydrogens (tertiary/aromatic N) is 3. The Labute approximate surface area is 185 Å². The van der Waals surface area contributed by atoms with E-state index in [9.17, 15) is 4.39 Å². The van der Waals surface area contributed by atoms with E-state index in [0.29, 0.717) is 12.4 Å². The van der Waals surface area contributed by atoms with Gasteiger partial charge in [-0.15, -0.1) is 0 Å². The van der Waals surface area contributed by atoms with Gasteiger partial charge >= 0.3 is 0 Å². The molecule has 164 valence electrons. The Hall–Kier alpha value is -3.61. The summed E-state index contributed by atoms with van der Waals surface area (Å²) in [5.74, 6) is 1.15. The molecule has 2 aliphatic rings. The maximum Gasteiger partial charge on any atom is 0.168 e. The maximum atomic E-state index is 13.4. The second-order valence-corrected chi connectivity index (χ2v) is 8.23. The number of methoxy groups -OCH3 is 1. The van der Waals surface area contributed by atoms with E-state index in [2.05, 4.69) is 10.1 Å². The molecular weight excluding hydrogens is 409 g/mol. The van der Waals surface area contributed by atoms with Crippen LogP contribution in [0.3, 0.4) is 0 Å². The normalized spacial score (nSPS) is 23.3. The average Bonchev–Trinajstić information content (AvgIpc) is 3.39. The highest BCUT2D eigenvalue weighted by Crippen LogP contribution is 2.45. The van der Waals surface area contributed by atoms with Crippen molar-refractivity contribution < 1.29 is 18.7 Å². The summed E-state index contributed by atoms with van der Waals surface area (Å²) in [5, 5.41) is 4.38. The van der Waals surface area contributed by atoms with Gasteiger partial charge in [0.1, 0.15) is 23.0 Å². The highest BCUT2D eigenvalue weighted by molar-refractivity contribution is 6.05. The van der Waals surface area contributed by atoms with E-state index < -0.39 is 5.60 Å². The Morgan fingerprint density at radius 3 is 2.75 bits per heavy atom. The van der Waals surface area contributed by atoms with E-state index >= 15 is 0 Å². The maximum absolute atomic E-state index is 13.4. The van der Waals surface area contributed by atoms with Gasteiger partial charge in [-0.05, 0) is 61.7 Å². The van der Waals surface area contributed by atoms with Gasteiger partial charge in [-0.3, -0.25) is 0 Å². The Bertz CT molecular complexity index is 1220. The van der Waals surface area contributed by atoms with Crippen LogP contribution in [-0.2, 0) is 15.2 Å². The molecule has 7 heteroatoms. The summed E-state index contributed by atoms with van der Waals surface area (Å²) in [7, 11) is 1.65. The van der Waals surface area contributed by atoms with E-state index in [-0.39, 0.29) is 11.7 Å². The van der Waals surface area contributed by atoms with Gasteiger partial charge in [0.2, 0.25) is 0 Å². The zero-order valence-electron chi connectivity index (χ0n) is 18.2. The van der Waals surface area contributed by atoms with Crippen LogP contribution in [0.15, 0.2) is 65.9 Å². The number of hydrogen-bond acceptors (Lipinski definition) is 5. The van der Waals surface area contributed by atoms with Crippen molar-refractivity contribution in [2.45, 2.75) is 25.9 Å². The molecular formula is C25H24FN3O3. The molecule has 6 nitrogen and oxygen atoms in total. The van der Waals surface area contributed by atoms with Crippen LogP contribution in [-0.4, -0.2) is 29.0 Å². The predicted molar refractivity (Wildman–Crippen MR) is 119 cm³/mol. The molecule has 5 rings (SSSR count).